The lowest BCUT2D eigenvalue weighted by atomic mass is 9.73. The number of aryl methyl sites for hydroxylation is 1. The Labute approximate surface area is 116 Å². The molecule has 0 saturated heterocycles. The highest BCUT2D eigenvalue weighted by Crippen LogP contribution is 2.44. The van der Waals surface area contributed by atoms with Gasteiger partial charge < -0.3 is 9.84 Å². The molecule has 1 N–H and O–H groups in total. The standard InChI is InChI=1S/C17H26O2/c1-4-19-17(11-7-8-13(2)12-17)16(18)15-10-6-5-9-14(15)3/h5-6,9-10,13,16,18H,4,7-8,11-12H2,1-3H3. The number of hydrogen-bond donors (Lipinski definition) is 1. The fourth-order valence-corrected chi connectivity index (χ4v) is 3.47. The van der Waals surface area contributed by atoms with Crippen LogP contribution in [0.4, 0.5) is 0 Å². The van der Waals surface area contributed by atoms with Crippen LogP contribution in [0.15, 0.2) is 24.3 Å². The normalized spacial score (nSPS) is 29.2. The van der Waals surface area contributed by atoms with E-state index in [0.29, 0.717) is 12.5 Å². The van der Waals surface area contributed by atoms with E-state index >= 15 is 0 Å². The Morgan fingerprint density at radius 1 is 1.42 bits per heavy atom. The molecule has 0 aliphatic heterocycles. The van der Waals surface area contributed by atoms with Crippen molar-refractivity contribution in [2.45, 2.75) is 58.2 Å². The molecule has 0 aromatic heterocycles. The average Bonchev–Trinajstić information content (AvgIpc) is 2.39. The summed E-state index contributed by atoms with van der Waals surface area (Å²) in [4.78, 5) is 0. The van der Waals surface area contributed by atoms with E-state index in [9.17, 15) is 5.11 Å². The minimum Gasteiger partial charge on any atom is -0.385 e. The highest BCUT2D eigenvalue weighted by molar-refractivity contribution is 5.30. The molecule has 2 nitrogen and oxygen atoms in total. The van der Waals surface area contributed by atoms with Gasteiger partial charge in [0, 0.05) is 6.61 Å². The Morgan fingerprint density at radius 3 is 2.79 bits per heavy atom. The van der Waals surface area contributed by atoms with Gasteiger partial charge in [0.25, 0.3) is 0 Å². The van der Waals surface area contributed by atoms with Crippen molar-refractivity contribution in [2.24, 2.45) is 5.92 Å². The first-order valence-corrected chi connectivity index (χ1v) is 7.46. The summed E-state index contributed by atoms with van der Waals surface area (Å²) < 4.78 is 6.06. The minimum absolute atomic E-state index is 0.390. The summed E-state index contributed by atoms with van der Waals surface area (Å²) in [5.41, 5.74) is 1.77. The fourth-order valence-electron chi connectivity index (χ4n) is 3.47. The van der Waals surface area contributed by atoms with Gasteiger partial charge in [-0.25, -0.2) is 0 Å². The first-order chi connectivity index (χ1) is 9.09. The summed E-state index contributed by atoms with van der Waals surface area (Å²) in [6.07, 6.45) is 3.78. The van der Waals surface area contributed by atoms with Crippen LogP contribution in [0.5, 0.6) is 0 Å². The van der Waals surface area contributed by atoms with Crippen molar-refractivity contribution in [3.63, 3.8) is 0 Å². The summed E-state index contributed by atoms with van der Waals surface area (Å²) in [6.45, 7) is 7.00. The summed E-state index contributed by atoms with van der Waals surface area (Å²) in [7, 11) is 0. The van der Waals surface area contributed by atoms with Crippen LogP contribution in [0, 0.1) is 12.8 Å². The molecule has 0 radical (unpaired) electrons. The number of hydrogen-bond acceptors (Lipinski definition) is 2. The van der Waals surface area contributed by atoms with Crippen LogP contribution in [0.25, 0.3) is 0 Å². The molecule has 2 heteroatoms. The molecule has 19 heavy (non-hydrogen) atoms. The molecule has 1 aliphatic carbocycles. The third-order valence-corrected chi connectivity index (χ3v) is 4.40. The Hall–Kier alpha value is -0.860. The van der Waals surface area contributed by atoms with E-state index in [2.05, 4.69) is 19.9 Å². The Kier molecular flexibility index (Phi) is 4.64. The summed E-state index contributed by atoms with van der Waals surface area (Å²) in [6, 6.07) is 8.10. The van der Waals surface area contributed by atoms with E-state index in [-0.39, 0.29) is 0 Å². The van der Waals surface area contributed by atoms with Gasteiger partial charge >= 0.3 is 0 Å². The molecule has 106 valence electrons. The third kappa shape index (κ3) is 3.01. The molecule has 0 amide bonds. The van der Waals surface area contributed by atoms with Crippen LogP contribution in [-0.2, 0) is 4.74 Å². The molecule has 3 unspecified atom stereocenters. The first kappa shape index (κ1) is 14.5. The van der Waals surface area contributed by atoms with Gasteiger partial charge in [-0.2, -0.15) is 0 Å². The second-order valence-corrected chi connectivity index (χ2v) is 5.96. The molecular weight excluding hydrogens is 236 g/mol. The van der Waals surface area contributed by atoms with Gasteiger partial charge in [-0.05, 0) is 43.7 Å². The van der Waals surface area contributed by atoms with Crippen LogP contribution in [0.1, 0.15) is 56.8 Å². The SMILES string of the molecule is CCOC1(C(O)c2ccccc2C)CCCC(C)C1. The number of aliphatic hydroxyl groups is 1. The Balaban J connectivity index is 2.30. The number of aliphatic hydroxyl groups excluding tert-OH is 1. The second-order valence-electron chi connectivity index (χ2n) is 5.96. The lowest BCUT2D eigenvalue weighted by molar-refractivity contribution is -0.150. The monoisotopic (exact) mass is 262 g/mol. The van der Waals surface area contributed by atoms with Crippen LogP contribution >= 0.6 is 0 Å². The maximum Gasteiger partial charge on any atom is 0.108 e. The number of rotatable bonds is 4. The van der Waals surface area contributed by atoms with Gasteiger partial charge in [-0.1, -0.05) is 44.0 Å². The molecule has 1 saturated carbocycles. The molecule has 1 fully saturated rings. The molecule has 0 bridgehead atoms. The second kappa shape index (κ2) is 6.06. The molecular formula is C17H26O2. The quantitative estimate of drug-likeness (QED) is 0.888. The van der Waals surface area contributed by atoms with Gasteiger partial charge in [0.2, 0.25) is 0 Å². The number of ether oxygens (including phenoxy) is 1. The van der Waals surface area contributed by atoms with Crippen molar-refractivity contribution in [3.8, 4) is 0 Å². The maximum atomic E-state index is 10.9. The van der Waals surface area contributed by atoms with Crippen LogP contribution < -0.4 is 0 Å². The van der Waals surface area contributed by atoms with Crippen molar-refractivity contribution in [2.75, 3.05) is 6.61 Å². The van der Waals surface area contributed by atoms with Crippen molar-refractivity contribution < 1.29 is 9.84 Å². The van der Waals surface area contributed by atoms with Crippen molar-refractivity contribution in [3.05, 3.63) is 35.4 Å². The first-order valence-electron chi connectivity index (χ1n) is 7.46. The maximum absolute atomic E-state index is 10.9. The van der Waals surface area contributed by atoms with E-state index in [0.717, 1.165) is 30.4 Å². The Morgan fingerprint density at radius 2 is 2.16 bits per heavy atom. The van der Waals surface area contributed by atoms with Crippen LogP contribution in [0.2, 0.25) is 0 Å². The minimum atomic E-state index is -0.517. The van der Waals surface area contributed by atoms with Gasteiger partial charge in [0.15, 0.2) is 0 Å². The van der Waals surface area contributed by atoms with Crippen molar-refractivity contribution in [1.82, 2.24) is 0 Å². The van der Waals surface area contributed by atoms with Gasteiger partial charge in [-0.15, -0.1) is 0 Å². The van der Waals surface area contributed by atoms with Crippen molar-refractivity contribution in [1.29, 1.82) is 0 Å². The molecule has 3 atom stereocenters. The molecule has 0 heterocycles. The van der Waals surface area contributed by atoms with Crippen LogP contribution in [0.3, 0.4) is 0 Å². The molecule has 2 rings (SSSR count). The van der Waals surface area contributed by atoms with E-state index in [1.807, 2.05) is 25.1 Å². The van der Waals surface area contributed by atoms with Gasteiger partial charge in [0.1, 0.15) is 6.10 Å². The highest BCUT2D eigenvalue weighted by atomic mass is 16.5. The zero-order chi connectivity index (χ0) is 13.9. The highest BCUT2D eigenvalue weighted by Gasteiger charge is 2.43. The number of benzene rings is 1. The van der Waals surface area contributed by atoms with E-state index < -0.39 is 11.7 Å². The zero-order valence-corrected chi connectivity index (χ0v) is 12.4. The Bertz CT molecular complexity index is 411. The molecule has 1 aromatic rings. The van der Waals surface area contributed by atoms with E-state index in [1.54, 1.807) is 0 Å². The van der Waals surface area contributed by atoms with E-state index in [4.69, 9.17) is 4.74 Å². The van der Waals surface area contributed by atoms with Gasteiger partial charge in [0.05, 0.1) is 5.60 Å². The zero-order valence-electron chi connectivity index (χ0n) is 12.4. The van der Waals surface area contributed by atoms with Crippen LogP contribution in [-0.4, -0.2) is 17.3 Å². The predicted molar refractivity (Wildman–Crippen MR) is 78.1 cm³/mol. The summed E-state index contributed by atoms with van der Waals surface area (Å²) in [5.74, 6) is 0.624. The van der Waals surface area contributed by atoms with Gasteiger partial charge in [-0.3, -0.25) is 0 Å². The largest absolute Gasteiger partial charge is 0.385 e. The smallest absolute Gasteiger partial charge is 0.108 e. The lowest BCUT2D eigenvalue weighted by Gasteiger charge is -2.43. The molecule has 1 aliphatic rings. The topological polar surface area (TPSA) is 29.5 Å². The summed E-state index contributed by atoms with van der Waals surface area (Å²) >= 11 is 0. The fraction of sp³-hybridized carbons (Fsp3) is 0.647. The lowest BCUT2D eigenvalue weighted by Crippen LogP contribution is -2.43. The van der Waals surface area contributed by atoms with E-state index in [1.165, 1.54) is 6.42 Å². The van der Waals surface area contributed by atoms with Crippen molar-refractivity contribution >= 4 is 0 Å². The summed E-state index contributed by atoms with van der Waals surface area (Å²) in [5, 5.41) is 10.9. The average molecular weight is 262 g/mol. The molecule has 0 spiro atoms. The predicted octanol–water partition coefficient (Wildman–Crippen LogP) is 4.01. The molecule has 1 aromatic carbocycles. The third-order valence-electron chi connectivity index (χ3n) is 4.40.